The number of rotatable bonds is 6. The van der Waals surface area contributed by atoms with E-state index in [0.717, 1.165) is 4.31 Å². The average molecular weight is 396 g/mol. The van der Waals surface area contributed by atoms with Crippen LogP contribution >= 0.6 is 0 Å². The van der Waals surface area contributed by atoms with Gasteiger partial charge in [0, 0.05) is 25.3 Å². The van der Waals surface area contributed by atoms with Gasteiger partial charge >= 0.3 is 0 Å². The van der Waals surface area contributed by atoms with Gasteiger partial charge in [-0.2, -0.15) is 0 Å². The molecule has 1 aromatic heterocycles. The molecule has 0 aliphatic carbocycles. The molecule has 0 saturated carbocycles. The number of anilines is 3. The zero-order chi connectivity index (χ0) is 20.3. The summed E-state index contributed by atoms with van der Waals surface area (Å²) in [6, 6.07) is 18.4. The fourth-order valence-corrected chi connectivity index (χ4v) is 3.45. The van der Waals surface area contributed by atoms with E-state index in [9.17, 15) is 13.2 Å². The molecule has 0 atom stereocenters. The molecule has 0 spiro atoms. The van der Waals surface area contributed by atoms with Gasteiger partial charge in [0.1, 0.15) is 11.6 Å². The second-order valence-corrected chi connectivity index (χ2v) is 8.41. The van der Waals surface area contributed by atoms with Crippen LogP contribution < -0.4 is 11.1 Å². The van der Waals surface area contributed by atoms with E-state index in [-0.39, 0.29) is 16.5 Å². The van der Waals surface area contributed by atoms with Gasteiger partial charge in [-0.05, 0) is 36.4 Å². The van der Waals surface area contributed by atoms with Crippen LogP contribution in [0.3, 0.4) is 0 Å². The van der Waals surface area contributed by atoms with Gasteiger partial charge in [-0.3, -0.25) is 4.79 Å². The van der Waals surface area contributed by atoms with Crippen LogP contribution in [0.2, 0.25) is 0 Å². The Morgan fingerprint density at radius 2 is 1.61 bits per heavy atom. The molecule has 7 nitrogen and oxygen atoms in total. The normalized spacial score (nSPS) is 11.4. The van der Waals surface area contributed by atoms with Gasteiger partial charge < -0.3 is 11.1 Å². The summed E-state index contributed by atoms with van der Waals surface area (Å²) in [7, 11) is -0.525. The first-order valence-electron chi connectivity index (χ1n) is 8.45. The standard InChI is InChI=1S/C20H20N4O3S/c1-24(2)28(26,27)16-10-8-15(9-11-16)22-18-13-12-17(20(21)23-18)19(25)14-6-4-3-5-7-14/h3-13H,1-2H3,(H3,21,22,23). The largest absolute Gasteiger partial charge is 0.383 e. The molecule has 8 heteroatoms. The summed E-state index contributed by atoms with van der Waals surface area (Å²) < 4.78 is 25.4. The number of hydrogen-bond acceptors (Lipinski definition) is 6. The molecule has 1 heterocycles. The first-order valence-corrected chi connectivity index (χ1v) is 9.89. The Balaban J connectivity index is 1.79. The number of nitrogens with one attached hydrogen (secondary N) is 1. The summed E-state index contributed by atoms with van der Waals surface area (Å²) in [5, 5.41) is 3.05. The number of aromatic nitrogens is 1. The maximum atomic E-state index is 12.5. The highest BCUT2D eigenvalue weighted by atomic mass is 32.2. The SMILES string of the molecule is CN(C)S(=O)(=O)c1ccc(Nc2ccc(C(=O)c3ccccc3)c(N)n2)cc1. The zero-order valence-corrected chi connectivity index (χ0v) is 16.3. The second-order valence-electron chi connectivity index (χ2n) is 6.26. The molecular formula is C20H20N4O3S. The number of carbonyl (C=O) groups is 1. The number of sulfonamides is 1. The number of pyridine rings is 1. The summed E-state index contributed by atoms with van der Waals surface area (Å²) in [6.45, 7) is 0. The van der Waals surface area contributed by atoms with Crippen molar-refractivity contribution in [3.63, 3.8) is 0 Å². The van der Waals surface area contributed by atoms with Crippen LogP contribution in [-0.2, 0) is 10.0 Å². The van der Waals surface area contributed by atoms with Gasteiger partial charge in [-0.1, -0.05) is 30.3 Å². The summed E-state index contributed by atoms with van der Waals surface area (Å²) in [6.07, 6.45) is 0. The molecule has 28 heavy (non-hydrogen) atoms. The van der Waals surface area contributed by atoms with Crippen LogP contribution in [0.1, 0.15) is 15.9 Å². The van der Waals surface area contributed by atoms with Gasteiger partial charge in [-0.15, -0.1) is 0 Å². The third-order valence-corrected chi connectivity index (χ3v) is 5.94. The van der Waals surface area contributed by atoms with Crippen molar-refractivity contribution in [2.24, 2.45) is 0 Å². The molecule has 0 aliphatic rings. The highest BCUT2D eigenvalue weighted by molar-refractivity contribution is 7.89. The molecule has 0 saturated heterocycles. The number of ketones is 1. The van der Waals surface area contributed by atoms with E-state index in [1.807, 2.05) is 6.07 Å². The average Bonchev–Trinajstić information content (AvgIpc) is 2.68. The second kappa shape index (κ2) is 7.79. The molecule has 3 aromatic rings. The van der Waals surface area contributed by atoms with Crippen molar-refractivity contribution in [1.82, 2.24) is 9.29 Å². The quantitative estimate of drug-likeness (QED) is 0.621. The van der Waals surface area contributed by atoms with Crippen molar-refractivity contribution in [1.29, 1.82) is 0 Å². The van der Waals surface area contributed by atoms with Gasteiger partial charge in [0.15, 0.2) is 5.78 Å². The fraction of sp³-hybridized carbons (Fsp3) is 0.100. The molecule has 3 N–H and O–H groups in total. The minimum atomic E-state index is -3.48. The predicted octanol–water partition coefficient (Wildman–Crippen LogP) is 2.89. The van der Waals surface area contributed by atoms with E-state index in [4.69, 9.17) is 5.73 Å². The number of nitrogens with zero attached hydrogens (tertiary/aromatic N) is 2. The van der Waals surface area contributed by atoms with Crippen LogP contribution in [0.15, 0.2) is 71.6 Å². The minimum Gasteiger partial charge on any atom is -0.383 e. The number of benzene rings is 2. The third-order valence-electron chi connectivity index (χ3n) is 4.11. The summed E-state index contributed by atoms with van der Waals surface area (Å²) in [5.41, 5.74) is 7.48. The molecule has 0 bridgehead atoms. The first-order chi connectivity index (χ1) is 13.3. The molecular weight excluding hydrogens is 376 g/mol. The Morgan fingerprint density at radius 1 is 0.964 bits per heavy atom. The van der Waals surface area contributed by atoms with Gasteiger partial charge in [0.25, 0.3) is 0 Å². The van der Waals surface area contributed by atoms with Crippen molar-refractivity contribution < 1.29 is 13.2 Å². The lowest BCUT2D eigenvalue weighted by Gasteiger charge is -2.12. The van der Waals surface area contributed by atoms with Gasteiger partial charge in [0.05, 0.1) is 10.5 Å². The Morgan fingerprint density at radius 3 is 2.18 bits per heavy atom. The van der Waals surface area contributed by atoms with Crippen molar-refractivity contribution in [2.75, 3.05) is 25.1 Å². The topological polar surface area (TPSA) is 105 Å². The maximum absolute atomic E-state index is 12.5. The van der Waals surface area contributed by atoms with Crippen molar-refractivity contribution in [3.05, 3.63) is 77.9 Å². The van der Waals surface area contributed by atoms with E-state index in [1.165, 1.54) is 26.2 Å². The van der Waals surface area contributed by atoms with Crippen LogP contribution in [0.5, 0.6) is 0 Å². The monoisotopic (exact) mass is 396 g/mol. The molecule has 0 fully saturated rings. The smallest absolute Gasteiger partial charge is 0.242 e. The Hall–Kier alpha value is -3.23. The summed E-state index contributed by atoms with van der Waals surface area (Å²) in [5.74, 6) is 0.367. The molecule has 2 aromatic carbocycles. The molecule has 0 radical (unpaired) electrons. The van der Waals surface area contributed by atoms with E-state index in [1.54, 1.807) is 48.5 Å². The minimum absolute atomic E-state index is 0.116. The summed E-state index contributed by atoms with van der Waals surface area (Å²) in [4.78, 5) is 16.9. The van der Waals surface area contributed by atoms with Crippen LogP contribution in [0.4, 0.5) is 17.3 Å². The van der Waals surface area contributed by atoms with E-state index < -0.39 is 10.0 Å². The Labute approximate surface area is 163 Å². The highest BCUT2D eigenvalue weighted by Gasteiger charge is 2.17. The van der Waals surface area contributed by atoms with Crippen LogP contribution in [0.25, 0.3) is 0 Å². The summed E-state index contributed by atoms with van der Waals surface area (Å²) >= 11 is 0. The van der Waals surface area contributed by atoms with Gasteiger partial charge in [-0.25, -0.2) is 17.7 Å². The Bertz CT molecular complexity index is 1100. The molecule has 0 unspecified atom stereocenters. The van der Waals surface area contributed by atoms with E-state index in [0.29, 0.717) is 22.6 Å². The third kappa shape index (κ3) is 4.03. The fourth-order valence-electron chi connectivity index (χ4n) is 2.55. The van der Waals surface area contributed by atoms with Gasteiger partial charge in [0.2, 0.25) is 10.0 Å². The number of nitrogen functional groups attached to an aromatic ring is 1. The van der Waals surface area contributed by atoms with Crippen LogP contribution in [0, 0.1) is 0 Å². The molecule has 3 rings (SSSR count). The predicted molar refractivity (Wildman–Crippen MR) is 109 cm³/mol. The van der Waals surface area contributed by atoms with Crippen molar-refractivity contribution in [3.8, 4) is 0 Å². The lowest BCUT2D eigenvalue weighted by atomic mass is 10.0. The lowest BCUT2D eigenvalue weighted by molar-refractivity contribution is 0.103. The van der Waals surface area contributed by atoms with Crippen molar-refractivity contribution in [2.45, 2.75) is 4.90 Å². The van der Waals surface area contributed by atoms with Crippen LogP contribution in [-0.4, -0.2) is 37.6 Å². The Kier molecular flexibility index (Phi) is 5.43. The zero-order valence-electron chi connectivity index (χ0n) is 15.5. The van der Waals surface area contributed by atoms with E-state index >= 15 is 0 Å². The molecule has 0 aliphatic heterocycles. The highest BCUT2D eigenvalue weighted by Crippen LogP contribution is 2.22. The molecule has 0 amide bonds. The lowest BCUT2D eigenvalue weighted by Crippen LogP contribution is -2.22. The number of hydrogen-bond donors (Lipinski definition) is 2. The van der Waals surface area contributed by atoms with Crippen molar-refractivity contribution >= 4 is 33.1 Å². The van der Waals surface area contributed by atoms with E-state index in [2.05, 4.69) is 10.3 Å². The first kappa shape index (κ1) is 19.5. The number of carbonyl (C=O) groups excluding carboxylic acids is 1. The number of nitrogens with two attached hydrogens (primary N) is 1. The molecule has 144 valence electrons. The maximum Gasteiger partial charge on any atom is 0.242 e.